The van der Waals surface area contributed by atoms with Gasteiger partial charge >= 0.3 is 11.9 Å². The number of carbonyl (C=O) groups is 2. The third kappa shape index (κ3) is 2.08. The van der Waals surface area contributed by atoms with Crippen molar-refractivity contribution < 1.29 is 14.3 Å². The Bertz CT molecular complexity index is 441. The van der Waals surface area contributed by atoms with Crippen molar-refractivity contribution in [3.05, 3.63) is 35.9 Å². The van der Waals surface area contributed by atoms with Crippen molar-refractivity contribution in [3.63, 3.8) is 0 Å². The van der Waals surface area contributed by atoms with E-state index < -0.39 is 11.9 Å². The van der Waals surface area contributed by atoms with E-state index in [1.165, 1.54) is 5.56 Å². The summed E-state index contributed by atoms with van der Waals surface area (Å²) in [4.78, 5) is 24.3. The van der Waals surface area contributed by atoms with Gasteiger partial charge in [-0.15, -0.1) is 0 Å². The van der Waals surface area contributed by atoms with E-state index in [9.17, 15) is 9.59 Å². The lowest BCUT2D eigenvalue weighted by atomic mass is 10.1. The molecular weight excluding hydrogens is 218 g/mol. The molecule has 0 amide bonds. The second-order valence-electron chi connectivity index (χ2n) is 4.57. The number of hydrogen-bond acceptors (Lipinski definition) is 4. The summed E-state index contributed by atoms with van der Waals surface area (Å²) in [7, 11) is 0. The molecule has 17 heavy (non-hydrogen) atoms. The molecule has 1 saturated heterocycles. The Kier molecular flexibility index (Phi) is 2.44. The normalized spacial score (nSPS) is 28.9. The zero-order valence-corrected chi connectivity index (χ0v) is 9.33. The van der Waals surface area contributed by atoms with Gasteiger partial charge in [0.25, 0.3) is 0 Å². The van der Waals surface area contributed by atoms with E-state index >= 15 is 0 Å². The van der Waals surface area contributed by atoms with Crippen LogP contribution in [0.3, 0.4) is 0 Å². The van der Waals surface area contributed by atoms with E-state index in [0.29, 0.717) is 12.0 Å². The van der Waals surface area contributed by atoms with E-state index in [1.807, 2.05) is 23.1 Å². The van der Waals surface area contributed by atoms with Crippen LogP contribution in [0.4, 0.5) is 0 Å². The highest BCUT2D eigenvalue weighted by Gasteiger charge is 2.45. The molecule has 1 aliphatic heterocycles. The summed E-state index contributed by atoms with van der Waals surface area (Å²) in [6, 6.07) is 10.5. The third-order valence-corrected chi connectivity index (χ3v) is 3.35. The number of nitrogens with zero attached hydrogens (tertiary/aromatic N) is 1. The van der Waals surface area contributed by atoms with Gasteiger partial charge in [0.2, 0.25) is 0 Å². The number of ether oxygens (including phenoxy) is 1. The Balaban J connectivity index is 1.68. The molecule has 0 bridgehead atoms. The Morgan fingerprint density at radius 1 is 1.06 bits per heavy atom. The van der Waals surface area contributed by atoms with Crippen molar-refractivity contribution in [2.24, 2.45) is 0 Å². The van der Waals surface area contributed by atoms with Crippen LogP contribution in [0, 0.1) is 0 Å². The molecule has 4 nitrogen and oxygen atoms in total. The smallest absolute Gasteiger partial charge is 0.327 e. The summed E-state index contributed by atoms with van der Waals surface area (Å²) >= 11 is 0. The zero-order valence-electron chi connectivity index (χ0n) is 9.33. The van der Waals surface area contributed by atoms with Gasteiger partial charge in [-0.3, -0.25) is 14.5 Å². The average Bonchev–Trinajstić information content (AvgIpc) is 3.09. The summed E-state index contributed by atoms with van der Waals surface area (Å²) in [6.45, 7) is 0.472. The average molecular weight is 231 g/mol. The number of morpholine rings is 1. The van der Waals surface area contributed by atoms with E-state index in [4.69, 9.17) is 0 Å². The SMILES string of the molecule is O=C1CN(C2CC2c2ccccc2)CC(=O)O1. The molecule has 2 atom stereocenters. The van der Waals surface area contributed by atoms with Crippen LogP contribution in [0.2, 0.25) is 0 Å². The standard InChI is InChI=1S/C13H13NO3/c15-12-7-14(8-13(16)17-12)11-6-10(11)9-4-2-1-3-5-9/h1-5,10-11H,6-8H2. The number of benzene rings is 1. The molecule has 1 heterocycles. The van der Waals surface area contributed by atoms with Gasteiger partial charge < -0.3 is 4.74 Å². The van der Waals surface area contributed by atoms with Crippen LogP contribution in [-0.2, 0) is 14.3 Å². The summed E-state index contributed by atoms with van der Waals surface area (Å²) in [5.41, 5.74) is 1.28. The summed E-state index contributed by atoms with van der Waals surface area (Å²) < 4.78 is 4.52. The fraction of sp³-hybridized carbons (Fsp3) is 0.385. The topological polar surface area (TPSA) is 46.6 Å². The largest absolute Gasteiger partial charge is 0.391 e. The quantitative estimate of drug-likeness (QED) is 0.561. The predicted molar refractivity (Wildman–Crippen MR) is 60.3 cm³/mol. The fourth-order valence-corrected chi connectivity index (χ4v) is 2.46. The lowest BCUT2D eigenvalue weighted by Gasteiger charge is -2.24. The molecule has 0 aromatic heterocycles. The maximum Gasteiger partial charge on any atom is 0.327 e. The maximum atomic E-state index is 11.2. The molecule has 0 spiro atoms. The summed E-state index contributed by atoms with van der Waals surface area (Å²) in [6.07, 6.45) is 1.02. The van der Waals surface area contributed by atoms with Crippen LogP contribution in [0.1, 0.15) is 17.9 Å². The Hall–Kier alpha value is -1.68. The number of rotatable bonds is 2. The highest BCUT2D eigenvalue weighted by Crippen LogP contribution is 2.44. The minimum Gasteiger partial charge on any atom is -0.391 e. The molecule has 1 aromatic rings. The molecule has 3 rings (SSSR count). The lowest BCUT2D eigenvalue weighted by Crippen LogP contribution is -2.44. The number of esters is 2. The highest BCUT2D eigenvalue weighted by molar-refractivity contribution is 5.90. The van der Waals surface area contributed by atoms with E-state index in [0.717, 1.165) is 6.42 Å². The van der Waals surface area contributed by atoms with Gasteiger partial charge in [-0.1, -0.05) is 30.3 Å². The molecule has 2 aliphatic rings. The molecule has 4 heteroatoms. The van der Waals surface area contributed by atoms with Crippen LogP contribution < -0.4 is 0 Å². The molecule has 88 valence electrons. The molecular formula is C13H13NO3. The summed E-state index contributed by atoms with van der Waals surface area (Å²) in [5.74, 6) is -0.408. The molecule has 0 radical (unpaired) electrons. The van der Waals surface area contributed by atoms with Crippen molar-refractivity contribution >= 4 is 11.9 Å². The van der Waals surface area contributed by atoms with Crippen molar-refractivity contribution in [1.29, 1.82) is 0 Å². The highest BCUT2D eigenvalue weighted by atomic mass is 16.6. The fourth-order valence-electron chi connectivity index (χ4n) is 2.46. The zero-order chi connectivity index (χ0) is 11.8. The first kappa shape index (κ1) is 10.5. The van der Waals surface area contributed by atoms with Gasteiger partial charge in [-0.25, -0.2) is 0 Å². The number of hydrogen-bond donors (Lipinski definition) is 0. The van der Waals surface area contributed by atoms with Crippen LogP contribution in [-0.4, -0.2) is 36.0 Å². The van der Waals surface area contributed by atoms with E-state index in [2.05, 4.69) is 16.9 Å². The maximum absolute atomic E-state index is 11.2. The Morgan fingerprint density at radius 2 is 1.71 bits per heavy atom. The van der Waals surface area contributed by atoms with Gasteiger partial charge in [0.15, 0.2) is 0 Å². The third-order valence-electron chi connectivity index (χ3n) is 3.35. The first-order valence-corrected chi connectivity index (χ1v) is 5.76. The first-order valence-electron chi connectivity index (χ1n) is 5.76. The minimum absolute atomic E-state index is 0.236. The number of carbonyl (C=O) groups excluding carboxylic acids is 2. The van der Waals surface area contributed by atoms with Crippen molar-refractivity contribution in [2.75, 3.05) is 13.1 Å². The van der Waals surface area contributed by atoms with Crippen LogP contribution in [0.25, 0.3) is 0 Å². The molecule has 2 fully saturated rings. The first-order chi connectivity index (χ1) is 8.24. The van der Waals surface area contributed by atoms with E-state index in [1.54, 1.807) is 0 Å². The Labute approximate surface area is 99.2 Å². The summed E-state index contributed by atoms with van der Waals surface area (Å²) in [5, 5.41) is 0. The number of cyclic esters (lactones) is 2. The minimum atomic E-state index is -0.431. The van der Waals surface area contributed by atoms with Crippen LogP contribution in [0.15, 0.2) is 30.3 Å². The predicted octanol–water partition coefficient (Wildman–Crippen LogP) is 0.928. The molecule has 2 unspecified atom stereocenters. The van der Waals surface area contributed by atoms with Crippen molar-refractivity contribution in [1.82, 2.24) is 4.90 Å². The monoisotopic (exact) mass is 231 g/mol. The second-order valence-corrected chi connectivity index (χ2v) is 4.57. The van der Waals surface area contributed by atoms with Crippen molar-refractivity contribution in [2.45, 2.75) is 18.4 Å². The molecule has 1 aliphatic carbocycles. The van der Waals surface area contributed by atoms with Crippen LogP contribution >= 0.6 is 0 Å². The van der Waals surface area contributed by atoms with Crippen molar-refractivity contribution in [3.8, 4) is 0 Å². The van der Waals surface area contributed by atoms with Gasteiger partial charge in [0.05, 0.1) is 13.1 Å². The van der Waals surface area contributed by atoms with Gasteiger partial charge in [0.1, 0.15) is 0 Å². The van der Waals surface area contributed by atoms with E-state index in [-0.39, 0.29) is 13.1 Å². The van der Waals surface area contributed by atoms with Gasteiger partial charge in [0, 0.05) is 12.0 Å². The molecule has 1 saturated carbocycles. The van der Waals surface area contributed by atoms with Crippen LogP contribution in [0.5, 0.6) is 0 Å². The molecule has 1 aromatic carbocycles. The molecule has 0 N–H and O–H groups in total. The lowest BCUT2D eigenvalue weighted by molar-refractivity contribution is -0.167. The second kappa shape index (κ2) is 3.96. The Morgan fingerprint density at radius 3 is 2.35 bits per heavy atom. The van der Waals surface area contributed by atoms with Gasteiger partial charge in [-0.05, 0) is 12.0 Å². The van der Waals surface area contributed by atoms with Gasteiger partial charge in [-0.2, -0.15) is 0 Å².